The molecule has 0 aliphatic carbocycles. The van der Waals surface area contributed by atoms with Crippen molar-refractivity contribution in [3.63, 3.8) is 0 Å². The average molecular weight is 79.1 g/mol. The maximum absolute atomic E-state index is 7.62. The van der Waals surface area contributed by atoms with Crippen molar-refractivity contribution >= 4 is 0 Å². The van der Waals surface area contributed by atoms with Gasteiger partial charge >= 0.3 is 0 Å². The second kappa shape index (κ2) is 3.84. The Balaban J connectivity index is 2.19. The number of aliphatic hydroxyl groups excluding tert-OH is 1. The second-order valence-electron chi connectivity index (χ2n) is 0.365. The molecule has 0 fully saturated rings. The quantitative estimate of drug-likeness (QED) is 0.289. The van der Waals surface area contributed by atoms with Crippen molar-refractivity contribution in [3.05, 3.63) is 0 Å². The van der Waals surface area contributed by atoms with E-state index in [1.807, 2.05) is 0 Å². The summed E-state index contributed by atoms with van der Waals surface area (Å²) in [7, 11) is 0. The summed E-state index contributed by atoms with van der Waals surface area (Å²) >= 11 is 0. The van der Waals surface area contributed by atoms with Crippen molar-refractivity contribution in [1.29, 1.82) is 0 Å². The average Bonchev–Trinajstić information content (AvgIpc) is 1.41. The fourth-order valence-corrected chi connectivity index (χ4v) is 0.0289. The molecule has 0 spiro atoms. The van der Waals surface area contributed by atoms with E-state index in [4.69, 9.17) is 10.3 Å². The Hall–Kier alpha value is -0.160. The van der Waals surface area contributed by atoms with Gasteiger partial charge in [0.05, 0.1) is 0 Å². The van der Waals surface area contributed by atoms with E-state index >= 15 is 0 Å². The molecule has 3 N–H and O–H groups in total. The highest BCUT2D eigenvalue weighted by Crippen LogP contribution is 1.47. The SMILES string of the molecule is OCONO. The molecule has 0 saturated carbocycles. The van der Waals surface area contributed by atoms with Crippen LogP contribution in [0.2, 0.25) is 0 Å². The van der Waals surface area contributed by atoms with Gasteiger partial charge in [-0.2, -0.15) is 0 Å². The zero-order valence-electron chi connectivity index (χ0n) is 2.51. The minimum absolute atomic E-state index is 0.517. The van der Waals surface area contributed by atoms with E-state index in [-0.39, 0.29) is 0 Å². The van der Waals surface area contributed by atoms with Crippen LogP contribution in [0.15, 0.2) is 0 Å². The van der Waals surface area contributed by atoms with Crippen LogP contribution in [-0.2, 0) is 4.84 Å². The Morgan fingerprint density at radius 1 is 1.80 bits per heavy atom. The molecule has 5 heavy (non-hydrogen) atoms. The molecule has 32 valence electrons. The maximum Gasteiger partial charge on any atom is 0.166 e. The van der Waals surface area contributed by atoms with Gasteiger partial charge in [-0.25, -0.2) is 4.84 Å². The summed E-state index contributed by atoms with van der Waals surface area (Å²) in [4.78, 5) is 3.69. The molecular weight excluding hydrogens is 74.0 g/mol. The summed E-state index contributed by atoms with van der Waals surface area (Å²) in [6.07, 6.45) is 0. The molecule has 0 saturated heterocycles. The van der Waals surface area contributed by atoms with Gasteiger partial charge < -0.3 is 5.11 Å². The molecule has 4 nitrogen and oxygen atoms in total. The third-order valence-electron chi connectivity index (χ3n) is 0.129. The molecule has 0 amide bonds. The zero-order chi connectivity index (χ0) is 4.12. The van der Waals surface area contributed by atoms with Gasteiger partial charge in [0.2, 0.25) is 0 Å². The fraction of sp³-hybridized carbons (Fsp3) is 1.00. The topological polar surface area (TPSA) is 61.7 Å². The normalized spacial score (nSPS) is 8.40. The molecule has 0 radical (unpaired) electrons. The number of rotatable bonds is 2. The summed E-state index contributed by atoms with van der Waals surface area (Å²) < 4.78 is 0. The highest BCUT2D eigenvalue weighted by atomic mass is 16.9. The second-order valence-corrected chi connectivity index (χ2v) is 0.365. The highest BCUT2D eigenvalue weighted by Gasteiger charge is 1.63. The van der Waals surface area contributed by atoms with E-state index < -0.39 is 6.79 Å². The Bertz CT molecular complexity index is 14.4. The Labute approximate surface area is 28.9 Å². The first-order valence-electron chi connectivity index (χ1n) is 1.03. The molecule has 0 aliphatic rings. The van der Waals surface area contributed by atoms with Crippen LogP contribution in [0.5, 0.6) is 0 Å². The first-order valence-corrected chi connectivity index (χ1v) is 1.03. The summed E-state index contributed by atoms with van der Waals surface area (Å²) in [6.45, 7) is -0.517. The lowest BCUT2D eigenvalue weighted by Gasteiger charge is -1.86. The maximum atomic E-state index is 7.62. The number of hydrogen-bond acceptors (Lipinski definition) is 4. The van der Waals surface area contributed by atoms with E-state index in [0.717, 1.165) is 0 Å². The van der Waals surface area contributed by atoms with E-state index in [1.165, 1.54) is 5.64 Å². The summed E-state index contributed by atoms with van der Waals surface area (Å²) in [6, 6.07) is 0. The van der Waals surface area contributed by atoms with Crippen molar-refractivity contribution in [2.45, 2.75) is 0 Å². The molecule has 4 heteroatoms. The fourth-order valence-electron chi connectivity index (χ4n) is 0.0289. The lowest BCUT2D eigenvalue weighted by molar-refractivity contribution is -0.175. The minimum atomic E-state index is -0.517. The van der Waals surface area contributed by atoms with Gasteiger partial charge in [-0.15, -0.1) is 0 Å². The van der Waals surface area contributed by atoms with Crippen LogP contribution < -0.4 is 5.64 Å². The molecule has 0 aliphatic heterocycles. The lowest BCUT2D eigenvalue weighted by atomic mass is 11.5. The predicted molar refractivity (Wildman–Crippen MR) is 13.1 cm³/mol. The molecule has 0 aromatic rings. The van der Waals surface area contributed by atoms with E-state index in [9.17, 15) is 0 Å². The highest BCUT2D eigenvalue weighted by molar-refractivity contribution is 3.68. The Morgan fingerprint density at radius 3 is 2.40 bits per heavy atom. The summed E-state index contributed by atoms with van der Waals surface area (Å²) in [5, 5.41) is 15.1. The first-order chi connectivity index (χ1) is 2.41. The smallest absolute Gasteiger partial charge is 0.166 e. The molecule has 0 bridgehead atoms. The van der Waals surface area contributed by atoms with Gasteiger partial charge in [0.1, 0.15) is 0 Å². The van der Waals surface area contributed by atoms with Gasteiger partial charge in [-0.1, -0.05) is 5.64 Å². The Kier molecular flexibility index (Phi) is 3.72. The lowest BCUT2D eigenvalue weighted by Crippen LogP contribution is -2.07. The van der Waals surface area contributed by atoms with Crippen LogP contribution in [0.25, 0.3) is 0 Å². The van der Waals surface area contributed by atoms with Gasteiger partial charge in [-0.05, 0) is 0 Å². The number of nitrogens with one attached hydrogen (secondary N) is 1. The molecular formula is CH5NO3. The van der Waals surface area contributed by atoms with Gasteiger partial charge in [-0.3, -0.25) is 5.21 Å². The van der Waals surface area contributed by atoms with Crippen molar-refractivity contribution in [2.24, 2.45) is 0 Å². The predicted octanol–water partition coefficient (Wildman–Crippen LogP) is -1.15. The van der Waals surface area contributed by atoms with Crippen molar-refractivity contribution in [3.8, 4) is 0 Å². The van der Waals surface area contributed by atoms with Gasteiger partial charge in [0.15, 0.2) is 6.79 Å². The zero-order valence-corrected chi connectivity index (χ0v) is 2.51. The van der Waals surface area contributed by atoms with E-state index in [2.05, 4.69) is 4.84 Å². The molecule has 0 heterocycles. The monoisotopic (exact) mass is 79.0 g/mol. The van der Waals surface area contributed by atoms with E-state index in [1.54, 1.807) is 0 Å². The third kappa shape index (κ3) is 3.84. The van der Waals surface area contributed by atoms with Crippen molar-refractivity contribution < 1.29 is 15.2 Å². The number of aliphatic hydroxyl groups is 1. The molecule has 0 rings (SSSR count). The van der Waals surface area contributed by atoms with E-state index in [0.29, 0.717) is 0 Å². The van der Waals surface area contributed by atoms with Crippen LogP contribution in [0, 0.1) is 0 Å². The molecule has 0 unspecified atom stereocenters. The molecule has 0 atom stereocenters. The van der Waals surface area contributed by atoms with Crippen LogP contribution in [0.3, 0.4) is 0 Å². The summed E-state index contributed by atoms with van der Waals surface area (Å²) in [5.41, 5.74) is 1.27. The van der Waals surface area contributed by atoms with Crippen LogP contribution in [-0.4, -0.2) is 17.1 Å². The molecule has 0 aromatic carbocycles. The standard InChI is InChI=1S/CH5NO3/c3-1-5-2-4/h2-4H,1H2. The third-order valence-corrected chi connectivity index (χ3v) is 0.129. The number of hydrogen-bond donors (Lipinski definition) is 3. The van der Waals surface area contributed by atoms with Crippen LogP contribution in [0.4, 0.5) is 0 Å². The van der Waals surface area contributed by atoms with Crippen molar-refractivity contribution in [2.75, 3.05) is 6.79 Å². The Morgan fingerprint density at radius 2 is 2.40 bits per heavy atom. The summed E-state index contributed by atoms with van der Waals surface area (Å²) in [5.74, 6) is 0. The van der Waals surface area contributed by atoms with Crippen LogP contribution in [0.1, 0.15) is 0 Å². The largest absolute Gasteiger partial charge is 0.369 e. The first kappa shape index (κ1) is 4.84. The van der Waals surface area contributed by atoms with Crippen LogP contribution >= 0.6 is 0 Å². The van der Waals surface area contributed by atoms with Gasteiger partial charge in [0.25, 0.3) is 0 Å². The van der Waals surface area contributed by atoms with Crippen molar-refractivity contribution in [1.82, 2.24) is 5.64 Å². The minimum Gasteiger partial charge on any atom is -0.369 e. The molecule has 0 aromatic heterocycles. The van der Waals surface area contributed by atoms with Gasteiger partial charge in [0, 0.05) is 0 Å².